The number of phosphoric acid groups is 1. The molecule has 0 aliphatic carbocycles. The smallest absolute Gasteiger partial charge is 0.268 e. The maximum absolute atomic E-state index is 12.9. The molecular weight excluding hydrogens is 804 g/mol. The lowest BCUT2D eigenvalue weighted by atomic mass is 10.0. The first-order chi connectivity index (χ1) is 30.5. The molecule has 63 heavy (non-hydrogen) atoms. The molecule has 0 spiro atoms. The van der Waals surface area contributed by atoms with Gasteiger partial charge in [-0.3, -0.25) is 9.36 Å². The third-order valence-electron chi connectivity index (χ3n) is 12.4. The van der Waals surface area contributed by atoms with E-state index < -0.39 is 20.0 Å². The molecule has 0 fully saturated rings. The highest BCUT2D eigenvalue weighted by molar-refractivity contribution is 7.45. The number of aliphatic hydroxyl groups is 1. The molecule has 0 radical (unpaired) electrons. The molecule has 0 rings (SSSR count). The molecule has 1 amide bonds. The van der Waals surface area contributed by atoms with Crippen LogP contribution in [0.4, 0.5) is 0 Å². The van der Waals surface area contributed by atoms with Crippen LogP contribution in [-0.2, 0) is 18.4 Å². The molecule has 2 N–H and O–H groups in total. The molecule has 0 aromatic rings. The molecule has 0 bridgehead atoms. The Kier molecular flexibility index (Phi) is 45.4. The van der Waals surface area contributed by atoms with E-state index in [4.69, 9.17) is 9.05 Å². The molecule has 0 aliphatic heterocycles. The lowest BCUT2D eigenvalue weighted by molar-refractivity contribution is -0.870. The molecular formula is C54H107N2O6P. The average Bonchev–Trinajstić information content (AvgIpc) is 3.24. The minimum Gasteiger partial charge on any atom is -0.756 e. The SMILES string of the molecule is CCCCCCC/C=C\C/C=C\CCCCCCCCCCCCCCCCCCCCCCCC(=O)NC(COP(=O)([O-])OCC[N+](C)(C)C)C(O)CCCCCCCCCC. The Morgan fingerprint density at radius 3 is 1.32 bits per heavy atom. The highest BCUT2D eigenvalue weighted by Gasteiger charge is 2.24. The van der Waals surface area contributed by atoms with Gasteiger partial charge in [0.1, 0.15) is 13.2 Å². The number of rotatable bonds is 50. The van der Waals surface area contributed by atoms with Gasteiger partial charge in [0.15, 0.2) is 0 Å². The summed E-state index contributed by atoms with van der Waals surface area (Å²) in [5.41, 5.74) is 0. The van der Waals surface area contributed by atoms with Crippen molar-refractivity contribution < 1.29 is 32.9 Å². The topological polar surface area (TPSA) is 108 Å². The number of amides is 1. The van der Waals surface area contributed by atoms with Crippen LogP contribution in [0.1, 0.15) is 264 Å². The van der Waals surface area contributed by atoms with Crippen LogP contribution in [0.5, 0.6) is 0 Å². The van der Waals surface area contributed by atoms with Crippen molar-refractivity contribution in [2.45, 2.75) is 276 Å². The van der Waals surface area contributed by atoms with Gasteiger partial charge in [0.05, 0.1) is 39.9 Å². The van der Waals surface area contributed by atoms with Gasteiger partial charge < -0.3 is 28.8 Å². The predicted molar refractivity (Wildman–Crippen MR) is 270 cm³/mol. The fourth-order valence-electron chi connectivity index (χ4n) is 8.13. The molecule has 8 nitrogen and oxygen atoms in total. The van der Waals surface area contributed by atoms with Crippen LogP contribution in [0.3, 0.4) is 0 Å². The zero-order valence-electron chi connectivity index (χ0n) is 42.5. The van der Waals surface area contributed by atoms with Crippen LogP contribution in [-0.4, -0.2) is 68.5 Å². The van der Waals surface area contributed by atoms with Crippen molar-refractivity contribution in [3.05, 3.63) is 24.3 Å². The van der Waals surface area contributed by atoms with Gasteiger partial charge in [0.2, 0.25) is 5.91 Å². The van der Waals surface area contributed by atoms with Gasteiger partial charge in [-0.05, 0) is 44.9 Å². The normalized spacial score (nSPS) is 14.2. The molecule has 0 saturated carbocycles. The standard InChI is InChI=1S/C54H107N2O6P/c1-6-8-10-12-14-16-17-18-19-20-21-22-23-24-25-26-27-28-29-30-31-32-33-34-35-36-37-38-39-40-42-44-46-48-54(58)55-52(51-62-63(59,60)61-50-49-56(3,4)5)53(57)47-45-43-41-15-13-11-9-7-2/h17-18,20-21,52-53,57H,6-16,19,22-51H2,1-5H3,(H-,55,58,59,60)/b18-17-,21-20-. The van der Waals surface area contributed by atoms with Gasteiger partial charge in [-0.25, -0.2) is 0 Å². The van der Waals surface area contributed by atoms with Gasteiger partial charge in [-0.1, -0.05) is 237 Å². The van der Waals surface area contributed by atoms with Gasteiger partial charge >= 0.3 is 0 Å². The lowest BCUT2D eigenvalue weighted by Crippen LogP contribution is -2.46. The van der Waals surface area contributed by atoms with E-state index in [9.17, 15) is 19.4 Å². The van der Waals surface area contributed by atoms with E-state index in [0.717, 1.165) is 44.9 Å². The highest BCUT2D eigenvalue weighted by Crippen LogP contribution is 2.38. The van der Waals surface area contributed by atoms with Crippen LogP contribution < -0.4 is 10.2 Å². The number of quaternary nitrogens is 1. The summed E-state index contributed by atoms with van der Waals surface area (Å²) < 4.78 is 23.2. The summed E-state index contributed by atoms with van der Waals surface area (Å²) in [5, 5.41) is 13.9. The van der Waals surface area contributed by atoms with Crippen molar-refractivity contribution in [3.63, 3.8) is 0 Å². The molecule has 0 heterocycles. The summed E-state index contributed by atoms with van der Waals surface area (Å²) in [6.45, 7) is 4.69. The predicted octanol–water partition coefficient (Wildman–Crippen LogP) is 15.4. The van der Waals surface area contributed by atoms with E-state index in [1.54, 1.807) is 0 Å². The number of carbonyl (C=O) groups is 1. The molecule has 0 aromatic heterocycles. The number of aliphatic hydroxyl groups excluding tert-OH is 1. The van der Waals surface area contributed by atoms with Crippen molar-refractivity contribution in [2.75, 3.05) is 40.9 Å². The van der Waals surface area contributed by atoms with Crippen molar-refractivity contribution in [2.24, 2.45) is 0 Å². The molecule has 9 heteroatoms. The second-order valence-electron chi connectivity index (χ2n) is 19.9. The van der Waals surface area contributed by atoms with E-state index in [1.807, 2.05) is 21.1 Å². The number of hydrogen-bond acceptors (Lipinski definition) is 6. The maximum atomic E-state index is 12.9. The van der Waals surface area contributed by atoms with E-state index in [0.29, 0.717) is 23.9 Å². The molecule has 3 unspecified atom stereocenters. The minimum absolute atomic E-state index is 0.0140. The Bertz CT molecular complexity index is 1080. The zero-order chi connectivity index (χ0) is 46.4. The van der Waals surface area contributed by atoms with E-state index in [-0.39, 0.29) is 19.1 Å². The minimum atomic E-state index is -4.56. The number of carbonyl (C=O) groups excluding carboxylic acids is 1. The fourth-order valence-corrected chi connectivity index (χ4v) is 8.85. The molecule has 3 atom stereocenters. The Morgan fingerprint density at radius 2 is 0.921 bits per heavy atom. The Balaban J connectivity index is 3.85. The number of phosphoric ester groups is 1. The van der Waals surface area contributed by atoms with Crippen LogP contribution in [0.15, 0.2) is 24.3 Å². The average molecular weight is 911 g/mol. The summed E-state index contributed by atoms with van der Waals surface area (Å²) >= 11 is 0. The first kappa shape index (κ1) is 62.0. The maximum Gasteiger partial charge on any atom is 0.268 e. The lowest BCUT2D eigenvalue weighted by Gasteiger charge is -2.30. The number of unbranched alkanes of at least 4 members (excludes halogenated alkanes) is 33. The van der Waals surface area contributed by atoms with Crippen molar-refractivity contribution >= 4 is 13.7 Å². The largest absolute Gasteiger partial charge is 0.756 e. The molecule has 0 aromatic carbocycles. The quantitative estimate of drug-likeness (QED) is 0.0272. The number of likely N-dealkylation sites (N-methyl/N-ethyl adjacent to an activating group) is 1. The van der Waals surface area contributed by atoms with Crippen molar-refractivity contribution in [1.82, 2.24) is 5.32 Å². The molecule has 374 valence electrons. The number of allylic oxidation sites excluding steroid dienone is 4. The van der Waals surface area contributed by atoms with Gasteiger partial charge in [-0.15, -0.1) is 0 Å². The van der Waals surface area contributed by atoms with Crippen LogP contribution >= 0.6 is 7.82 Å². The summed E-state index contributed by atoms with van der Waals surface area (Å²) in [7, 11) is 1.31. The number of nitrogens with one attached hydrogen (secondary N) is 1. The zero-order valence-corrected chi connectivity index (χ0v) is 43.4. The molecule has 0 aliphatic rings. The van der Waals surface area contributed by atoms with E-state index in [2.05, 4.69) is 43.5 Å². The van der Waals surface area contributed by atoms with Crippen molar-refractivity contribution in [1.29, 1.82) is 0 Å². The van der Waals surface area contributed by atoms with Crippen LogP contribution in [0, 0.1) is 0 Å². The van der Waals surface area contributed by atoms with Crippen molar-refractivity contribution in [3.8, 4) is 0 Å². The summed E-state index contributed by atoms with van der Waals surface area (Å²) in [5.74, 6) is -0.164. The van der Waals surface area contributed by atoms with Gasteiger partial charge in [0, 0.05) is 6.42 Å². The second kappa shape index (κ2) is 46.1. The summed E-state index contributed by atoms with van der Waals surface area (Å²) in [4.78, 5) is 25.3. The van der Waals surface area contributed by atoms with Gasteiger partial charge in [0.25, 0.3) is 7.82 Å². The number of hydrogen-bond donors (Lipinski definition) is 2. The summed E-state index contributed by atoms with van der Waals surface area (Å²) in [6, 6.07) is -0.794. The Hall–Kier alpha value is -1.02. The van der Waals surface area contributed by atoms with Crippen LogP contribution in [0.2, 0.25) is 0 Å². The summed E-state index contributed by atoms with van der Waals surface area (Å²) in [6.07, 6.45) is 56.7. The monoisotopic (exact) mass is 911 g/mol. The third-order valence-corrected chi connectivity index (χ3v) is 13.4. The molecule has 0 saturated heterocycles. The third kappa shape index (κ3) is 48.7. The Labute approximate surface area is 392 Å². The van der Waals surface area contributed by atoms with Gasteiger partial charge in [-0.2, -0.15) is 0 Å². The second-order valence-corrected chi connectivity index (χ2v) is 21.4. The highest BCUT2D eigenvalue weighted by atomic mass is 31.2. The first-order valence-electron chi connectivity index (χ1n) is 27.2. The van der Waals surface area contributed by atoms with E-state index in [1.165, 1.54) is 193 Å². The Morgan fingerprint density at radius 1 is 0.556 bits per heavy atom. The fraction of sp³-hybridized carbons (Fsp3) is 0.907. The van der Waals surface area contributed by atoms with Crippen LogP contribution in [0.25, 0.3) is 0 Å². The number of nitrogens with zero attached hydrogens (tertiary/aromatic N) is 1. The first-order valence-corrected chi connectivity index (χ1v) is 28.6. The van der Waals surface area contributed by atoms with E-state index >= 15 is 0 Å².